The normalized spacial score (nSPS) is 11.2. The van der Waals surface area contributed by atoms with Gasteiger partial charge < -0.3 is 9.88 Å². The zero-order valence-electron chi connectivity index (χ0n) is 11.4. The van der Waals surface area contributed by atoms with Gasteiger partial charge in [-0.3, -0.25) is 0 Å². The monoisotopic (exact) mass is 295 g/mol. The topological polar surface area (TPSA) is 29.9 Å². The third kappa shape index (κ3) is 3.75. The van der Waals surface area contributed by atoms with Crippen LogP contribution in [0.25, 0.3) is 0 Å². The number of nitrogens with one attached hydrogen (secondary N) is 1. The van der Waals surface area contributed by atoms with E-state index in [-0.39, 0.29) is 0 Å². The molecular formula is C14H18ClN3S. The molecule has 3 nitrogen and oxygen atoms in total. The van der Waals surface area contributed by atoms with Crippen molar-refractivity contribution in [2.45, 2.75) is 36.5 Å². The van der Waals surface area contributed by atoms with Crippen LogP contribution < -0.4 is 5.32 Å². The molecule has 0 aliphatic carbocycles. The molecule has 1 aromatic carbocycles. The minimum absolute atomic E-state index is 0.433. The molecule has 1 N–H and O–H groups in total. The summed E-state index contributed by atoms with van der Waals surface area (Å²) in [6.07, 6.45) is 3.75. The molecule has 2 aromatic rings. The summed E-state index contributed by atoms with van der Waals surface area (Å²) in [4.78, 5) is 5.49. The van der Waals surface area contributed by atoms with Crippen molar-refractivity contribution < 1.29 is 0 Å². The van der Waals surface area contributed by atoms with E-state index in [2.05, 4.69) is 30.2 Å². The van der Waals surface area contributed by atoms with Gasteiger partial charge in [-0.1, -0.05) is 43.3 Å². The number of nitrogens with zero attached hydrogens (tertiary/aromatic N) is 2. The van der Waals surface area contributed by atoms with Crippen molar-refractivity contribution in [2.24, 2.45) is 7.05 Å². The Morgan fingerprint density at radius 2 is 2.21 bits per heavy atom. The van der Waals surface area contributed by atoms with Gasteiger partial charge in [0, 0.05) is 41.9 Å². The molecule has 0 atom stereocenters. The molecular weight excluding hydrogens is 278 g/mol. The number of benzene rings is 1. The molecule has 0 aliphatic heterocycles. The van der Waals surface area contributed by atoms with Gasteiger partial charge in [0.15, 0.2) is 5.16 Å². The zero-order chi connectivity index (χ0) is 13.8. The Kier molecular flexibility index (Phi) is 4.91. The first-order valence-electron chi connectivity index (χ1n) is 6.24. The van der Waals surface area contributed by atoms with Crippen molar-refractivity contribution in [3.63, 3.8) is 0 Å². The highest BCUT2D eigenvalue weighted by Gasteiger charge is 2.11. The van der Waals surface area contributed by atoms with E-state index in [1.165, 1.54) is 0 Å². The third-order valence-electron chi connectivity index (χ3n) is 2.74. The molecule has 0 spiro atoms. The molecule has 1 aromatic heterocycles. The van der Waals surface area contributed by atoms with Gasteiger partial charge in [-0.15, -0.1) is 0 Å². The molecule has 0 saturated heterocycles. The van der Waals surface area contributed by atoms with E-state index in [1.807, 2.05) is 29.9 Å². The Balaban J connectivity index is 2.24. The Labute approximate surface area is 123 Å². The quantitative estimate of drug-likeness (QED) is 0.912. The molecule has 1 heterocycles. The van der Waals surface area contributed by atoms with Gasteiger partial charge in [0.05, 0.1) is 0 Å². The lowest BCUT2D eigenvalue weighted by molar-refractivity contribution is 0.585. The second kappa shape index (κ2) is 6.46. The highest BCUT2D eigenvalue weighted by molar-refractivity contribution is 7.99. The van der Waals surface area contributed by atoms with Crippen LogP contribution in [0.15, 0.2) is 40.6 Å². The van der Waals surface area contributed by atoms with Crippen LogP contribution in [0.5, 0.6) is 0 Å². The number of aryl methyl sites for hydroxylation is 1. The molecule has 0 amide bonds. The van der Waals surface area contributed by atoms with Crippen molar-refractivity contribution in [3.8, 4) is 0 Å². The molecule has 2 rings (SSSR count). The second-order valence-electron chi connectivity index (χ2n) is 4.67. The van der Waals surface area contributed by atoms with Crippen molar-refractivity contribution in [3.05, 3.63) is 41.2 Å². The maximum atomic E-state index is 6.31. The van der Waals surface area contributed by atoms with Crippen LogP contribution in [0.3, 0.4) is 0 Å². The molecule has 0 unspecified atom stereocenters. The van der Waals surface area contributed by atoms with Gasteiger partial charge in [-0.05, 0) is 17.7 Å². The van der Waals surface area contributed by atoms with Gasteiger partial charge in [0.2, 0.25) is 0 Å². The van der Waals surface area contributed by atoms with Crippen molar-refractivity contribution >= 4 is 23.4 Å². The number of aromatic nitrogens is 2. The number of halogens is 1. The third-order valence-corrected chi connectivity index (χ3v) is 4.27. The average Bonchev–Trinajstić information content (AvgIpc) is 2.74. The highest BCUT2D eigenvalue weighted by atomic mass is 35.5. The first-order chi connectivity index (χ1) is 9.08. The fraction of sp³-hybridized carbons (Fsp3) is 0.357. The van der Waals surface area contributed by atoms with Gasteiger partial charge >= 0.3 is 0 Å². The van der Waals surface area contributed by atoms with Gasteiger partial charge in [-0.2, -0.15) is 0 Å². The number of hydrogen-bond acceptors (Lipinski definition) is 3. The first-order valence-corrected chi connectivity index (χ1v) is 7.43. The SMILES string of the molecule is CC(C)NCc1c(Cl)cccc1Sc1nccn1C. The Bertz CT molecular complexity index is 551. The summed E-state index contributed by atoms with van der Waals surface area (Å²) in [7, 11) is 1.99. The van der Waals surface area contributed by atoms with Gasteiger partial charge in [0.1, 0.15) is 0 Å². The lowest BCUT2D eigenvalue weighted by Crippen LogP contribution is -2.22. The van der Waals surface area contributed by atoms with Gasteiger partial charge in [0.25, 0.3) is 0 Å². The van der Waals surface area contributed by atoms with E-state index >= 15 is 0 Å². The van der Waals surface area contributed by atoms with Crippen LogP contribution >= 0.6 is 23.4 Å². The van der Waals surface area contributed by atoms with Gasteiger partial charge in [-0.25, -0.2) is 4.98 Å². The smallest absolute Gasteiger partial charge is 0.172 e. The van der Waals surface area contributed by atoms with E-state index in [9.17, 15) is 0 Å². The van der Waals surface area contributed by atoms with E-state index in [0.717, 1.165) is 27.2 Å². The van der Waals surface area contributed by atoms with E-state index in [0.29, 0.717) is 6.04 Å². The summed E-state index contributed by atoms with van der Waals surface area (Å²) in [5, 5.41) is 5.18. The average molecular weight is 296 g/mol. The van der Waals surface area contributed by atoms with Crippen LogP contribution in [-0.4, -0.2) is 15.6 Å². The Hall–Kier alpha value is -0.970. The molecule has 0 aliphatic rings. The van der Waals surface area contributed by atoms with Crippen LogP contribution in [0.1, 0.15) is 19.4 Å². The lowest BCUT2D eigenvalue weighted by atomic mass is 10.2. The predicted octanol–water partition coefficient (Wildman–Crippen LogP) is 3.72. The summed E-state index contributed by atoms with van der Waals surface area (Å²) in [6, 6.07) is 6.43. The predicted molar refractivity (Wildman–Crippen MR) is 80.8 cm³/mol. The Morgan fingerprint density at radius 1 is 1.42 bits per heavy atom. The maximum absolute atomic E-state index is 6.31. The van der Waals surface area contributed by atoms with E-state index in [4.69, 9.17) is 11.6 Å². The van der Waals surface area contributed by atoms with Crippen molar-refractivity contribution in [1.82, 2.24) is 14.9 Å². The number of hydrogen-bond donors (Lipinski definition) is 1. The van der Waals surface area contributed by atoms with Crippen molar-refractivity contribution in [1.29, 1.82) is 0 Å². The second-order valence-corrected chi connectivity index (χ2v) is 6.09. The lowest BCUT2D eigenvalue weighted by Gasteiger charge is -2.13. The zero-order valence-corrected chi connectivity index (χ0v) is 12.9. The molecule has 5 heteroatoms. The standard InChI is InChI=1S/C14H18ClN3S/c1-10(2)17-9-11-12(15)5-4-6-13(11)19-14-16-7-8-18(14)3/h4-8,10,17H,9H2,1-3H3. The molecule has 0 bridgehead atoms. The Morgan fingerprint density at radius 3 is 2.84 bits per heavy atom. The summed E-state index contributed by atoms with van der Waals surface area (Å²) in [6.45, 7) is 5.02. The largest absolute Gasteiger partial charge is 0.329 e. The summed E-state index contributed by atoms with van der Waals surface area (Å²) < 4.78 is 2.01. The minimum Gasteiger partial charge on any atom is -0.329 e. The van der Waals surface area contributed by atoms with Crippen LogP contribution in [0.4, 0.5) is 0 Å². The maximum Gasteiger partial charge on any atom is 0.172 e. The number of rotatable bonds is 5. The molecule has 0 fully saturated rings. The molecule has 102 valence electrons. The van der Waals surface area contributed by atoms with Crippen LogP contribution in [0.2, 0.25) is 5.02 Å². The molecule has 0 saturated carbocycles. The minimum atomic E-state index is 0.433. The first kappa shape index (κ1) is 14.4. The van der Waals surface area contributed by atoms with E-state index < -0.39 is 0 Å². The molecule has 19 heavy (non-hydrogen) atoms. The fourth-order valence-electron chi connectivity index (χ4n) is 1.66. The van der Waals surface area contributed by atoms with Crippen LogP contribution in [0, 0.1) is 0 Å². The highest BCUT2D eigenvalue weighted by Crippen LogP contribution is 2.32. The summed E-state index contributed by atoms with van der Waals surface area (Å²) >= 11 is 7.95. The van der Waals surface area contributed by atoms with E-state index in [1.54, 1.807) is 18.0 Å². The molecule has 0 radical (unpaired) electrons. The fourth-order valence-corrected chi connectivity index (χ4v) is 2.93. The number of imidazole rings is 1. The summed E-state index contributed by atoms with van der Waals surface area (Å²) in [5.74, 6) is 0. The van der Waals surface area contributed by atoms with Crippen LogP contribution in [-0.2, 0) is 13.6 Å². The van der Waals surface area contributed by atoms with Crippen molar-refractivity contribution in [2.75, 3.05) is 0 Å². The summed E-state index contributed by atoms with van der Waals surface area (Å²) in [5.41, 5.74) is 1.13.